The Bertz CT molecular complexity index is 1070. The third kappa shape index (κ3) is 3.77. The lowest BCUT2D eigenvalue weighted by atomic mass is 9.34. The molecule has 2 nitrogen and oxygen atoms in total. The van der Waals surface area contributed by atoms with Crippen molar-refractivity contribution in [3.63, 3.8) is 0 Å². The molecule has 0 aromatic heterocycles. The van der Waals surface area contributed by atoms with Crippen LogP contribution in [0.25, 0.3) is 0 Å². The van der Waals surface area contributed by atoms with E-state index in [9.17, 15) is 0 Å². The first kappa shape index (κ1) is 20.3. The SMILES string of the molecule is Cc1cc(C)c(B(c2cccc(N3C=CN(C)C3)c2)c2c(C)cccc2C)c(C)c1. The molecule has 0 atom stereocenters. The second-order valence-electron chi connectivity index (χ2n) is 8.81. The van der Waals surface area contributed by atoms with E-state index in [1.54, 1.807) is 0 Å². The fraction of sp³-hybridized carbons (Fsp3) is 0.259. The minimum absolute atomic E-state index is 0.219. The van der Waals surface area contributed by atoms with E-state index >= 15 is 0 Å². The van der Waals surface area contributed by atoms with E-state index in [0.29, 0.717) is 0 Å². The number of anilines is 1. The molecule has 3 heteroatoms. The maximum absolute atomic E-state index is 2.37. The highest BCUT2D eigenvalue weighted by atomic mass is 15.3. The van der Waals surface area contributed by atoms with E-state index in [0.717, 1.165) is 6.67 Å². The van der Waals surface area contributed by atoms with E-state index in [2.05, 4.69) is 118 Å². The molecule has 0 radical (unpaired) electrons. The Morgan fingerprint density at radius 3 is 1.90 bits per heavy atom. The molecule has 0 unspecified atom stereocenters. The van der Waals surface area contributed by atoms with Crippen molar-refractivity contribution in [1.29, 1.82) is 0 Å². The summed E-state index contributed by atoms with van der Waals surface area (Å²) in [7, 11) is 2.11. The Morgan fingerprint density at radius 2 is 1.30 bits per heavy atom. The summed E-state index contributed by atoms with van der Waals surface area (Å²) in [4.78, 5) is 4.50. The van der Waals surface area contributed by atoms with Crippen LogP contribution < -0.4 is 21.3 Å². The molecule has 0 aliphatic carbocycles. The molecule has 152 valence electrons. The average molecular weight is 394 g/mol. The van der Waals surface area contributed by atoms with Gasteiger partial charge in [-0.05, 0) is 46.8 Å². The topological polar surface area (TPSA) is 6.48 Å². The van der Waals surface area contributed by atoms with Crippen LogP contribution >= 0.6 is 0 Å². The third-order valence-corrected chi connectivity index (χ3v) is 6.27. The fourth-order valence-electron chi connectivity index (χ4n) is 4.99. The maximum Gasteiger partial charge on any atom is 0.242 e. The van der Waals surface area contributed by atoms with Crippen molar-refractivity contribution in [2.75, 3.05) is 18.6 Å². The summed E-state index contributed by atoms with van der Waals surface area (Å²) in [6, 6.07) is 20.4. The van der Waals surface area contributed by atoms with E-state index in [-0.39, 0.29) is 6.71 Å². The summed E-state index contributed by atoms with van der Waals surface area (Å²) >= 11 is 0. The highest BCUT2D eigenvalue weighted by molar-refractivity contribution is 6.96. The van der Waals surface area contributed by atoms with Crippen molar-refractivity contribution < 1.29 is 0 Å². The number of hydrogen-bond acceptors (Lipinski definition) is 2. The highest BCUT2D eigenvalue weighted by Gasteiger charge is 2.28. The lowest BCUT2D eigenvalue weighted by Gasteiger charge is -2.25. The normalized spacial score (nSPS) is 13.3. The lowest BCUT2D eigenvalue weighted by molar-refractivity contribution is 0.496. The van der Waals surface area contributed by atoms with Crippen molar-refractivity contribution >= 4 is 28.8 Å². The molecule has 1 aliphatic rings. The smallest absolute Gasteiger partial charge is 0.242 e. The van der Waals surface area contributed by atoms with Gasteiger partial charge < -0.3 is 9.80 Å². The zero-order valence-corrected chi connectivity index (χ0v) is 19.0. The fourth-order valence-corrected chi connectivity index (χ4v) is 4.99. The van der Waals surface area contributed by atoms with Crippen molar-refractivity contribution in [3.8, 4) is 0 Å². The van der Waals surface area contributed by atoms with Gasteiger partial charge in [-0.1, -0.05) is 86.7 Å². The standard InChI is InChI=1S/C27H31BN2/c1-19-15-22(4)27(23(5)16-19)28(26-20(2)9-7-10-21(26)3)24-11-8-12-25(17-24)30-14-13-29(6)18-30/h7-17H,18H2,1-6H3. The van der Waals surface area contributed by atoms with Crippen LogP contribution in [-0.4, -0.2) is 25.3 Å². The molecule has 1 heterocycles. The van der Waals surface area contributed by atoms with E-state index in [4.69, 9.17) is 0 Å². The van der Waals surface area contributed by atoms with E-state index in [1.165, 1.54) is 49.9 Å². The second-order valence-corrected chi connectivity index (χ2v) is 8.81. The van der Waals surface area contributed by atoms with Crippen LogP contribution in [0.15, 0.2) is 67.0 Å². The van der Waals surface area contributed by atoms with Crippen molar-refractivity contribution in [2.45, 2.75) is 34.6 Å². The summed E-state index contributed by atoms with van der Waals surface area (Å²) in [5, 5.41) is 0. The first-order valence-electron chi connectivity index (χ1n) is 10.7. The summed E-state index contributed by atoms with van der Waals surface area (Å²) in [5.74, 6) is 0. The molecule has 0 N–H and O–H groups in total. The largest absolute Gasteiger partial charge is 0.361 e. The van der Waals surface area contributed by atoms with Gasteiger partial charge in [0.25, 0.3) is 0 Å². The lowest BCUT2D eigenvalue weighted by Crippen LogP contribution is -2.55. The predicted molar refractivity (Wildman–Crippen MR) is 132 cm³/mol. The van der Waals surface area contributed by atoms with Gasteiger partial charge in [-0.3, -0.25) is 0 Å². The molecule has 0 fully saturated rings. The van der Waals surface area contributed by atoms with Gasteiger partial charge in [0.15, 0.2) is 0 Å². The Kier molecular flexibility index (Phi) is 5.47. The maximum atomic E-state index is 2.37. The van der Waals surface area contributed by atoms with Crippen LogP contribution in [0.4, 0.5) is 5.69 Å². The van der Waals surface area contributed by atoms with Gasteiger partial charge in [0.2, 0.25) is 6.71 Å². The van der Waals surface area contributed by atoms with Gasteiger partial charge in [0.1, 0.15) is 0 Å². The second kappa shape index (κ2) is 8.06. The van der Waals surface area contributed by atoms with Crippen LogP contribution in [0, 0.1) is 34.6 Å². The number of benzene rings is 3. The summed E-state index contributed by atoms with van der Waals surface area (Å²) < 4.78 is 0. The van der Waals surface area contributed by atoms with Gasteiger partial charge in [-0.15, -0.1) is 0 Å². The average Bonchev–Trinajstić information content (AvgIpc) is 3.12. The Hall–Kier alpha value is -2.94. The van der Waals surface area contributed by atoms with Crippen LogP contribution in [-0.2, 0) is 0 Å². The van der Waals surface area contributed by atoms with Crippen LogP contribution in [0.5, 0.6) is 0 Å². The van der Waals surface area contributed by atoms with Gasteiger partial charge in [-0.25, -0.2) is 0 Å². The van der Waals surface area contributed by atoms with Crippen LogP contribution in [0.1, 0.15) is 27.8 Å². The van der Waals surface area contributed by atoms with Crippen molar-refractivity contribution in [2.24, 2.45) is 0 Å². The molecular weight excluding hydrogens is 363 g/mol. The van der Waals surface area contributed by atoms with Gasteiger partial charge >= 0.3 is 0 Å². The van der Waals surface area contributed by atoms with Crippen molar-refractivity contribution in [1.82, 2.24) is 4.90 Å². The molecule has 0 amide bonds. The molecule has 3 aromatic carbocycles. The number of aryl methyl sites for hydroxylation is 5. The molecule has 3 aromatic rings. The predicted octanol–water partition coefficient (Wildman–Crippen LogP) is 3.93. The van der Waals surface area contributed by atoms with E-state index < -0.39 is 0 Å². The van der Waals surface area contributed by atoms with Crippen molar-refractivity contribution in [3.05, 3.63) is 94.8 Å². The summed E-state index contributed by atoms with van der Waals surface area (Å²) in [6.07, 6.45) is 4.29. The molecule has 0 spiro atoms. The molecule has 0 bridgehead atoms. The first-order valence-corrected chi connectivity index (χ1v) is 10.7. The molecule has 4 rings (SSSR count). The van der Waals surface area contributed by atoms with Gasteiger partial charge in [-0.2, -0.15) is 0 Å². The molecule has 0 saturated heterocycles. The van der Waals surface area contributed by atoms with Crippen LogP contribution in [0.2, 0.25) is 0 Å². The Morgan fingerprint density at radius 1 is 0.700 bits per heavy atom. The number of nitrogens with zero attached hydrogens (tertiary/aromatic N) is 2. The van der Waals surface area contributed by atoms with Gasteiger partial charge in [0.05, 0.1) is 6.67 Å². The third-order valence-electron chi connectivity index (χ3n) is 6.27. The quantitative estimate of drug-likeness (QED) is 0.619. The summed E-state index contributed by atoms with van der Waals surface area (Å²) in [5.41, 5.74) is 12.2. The monoisotopic (exact) mass is 394 g/mol. The van der Waals surface area contributed by atoms with E-state index in [1.807, 2.05) is 0 Å². The zero-order valence-electron chi connectivity index (χ0n) is 19.0. The first-order chi connectivity index (χ1) is 14.3. The summed E-state index contributed by atoms with van der Waals surface area (Å²) in [6.45, 7) is 12.3. The Balaban J connectivity index is 1.93. The minimum Gasteiger partial charge on any atom is -0.361 e. The highest BCUT2D eigenvalue weighted by Crippen LogP contribution is 2.18. The molecule has 30 heavy (non-hydrogen) atoms. The molecule has 1 aliphatic heterocycles. The van der Waals surface area contributed by atoms with Crippen LogP contribution in [0.3, 0.4) is 0 Å². The number of hydrogen-bond donors (Lipinski definition) is 0. The zero-order chi connectivity index (χ0) is 21.4. The molecular formula is C27H31BN2. The minimum atomic E-state index is 0.219. The number of rotatable bonds is 4. The Labute approximate surface area is 181 Å². The van der Waals surface area contributed by atoms with Gasteiger partial charge in [0, 0.05) is 25.1 Å². The molecule has 0 saturated carbocycles.